The molecule has 1 aliphatic rings. The zero-order chi connectivity index (χ0) is 15.4. The summed E-state index contributed by atoms with van der Waals surface area (Å²) >= 11 is 0. The van der Waals surface area contributed by atoms with Crippen LogP contribution in [0.3, 0.4) is 0 Å². The number of carboxylic acids is 1. The summed E-state index contributed by atoms with van der Waals surface area (Å²) in [4.78, 5) is 33.1. The highest BCUT2D eigenvalue weighted by Gasteiger charge is 2.26. The van der Waals surface area contributed by atoms with E-state index in [1.807, 2.05) is 0 Å². The monoisotopic (exact) mass is 289 g/mol. The molecule has 2 rings (SSSR count). The predicted molar refractivity (Wildman–Crippen MR) is 77.3 cm³/mol. The molecular weight excluding hydrogens is 270 g/mol. The quantitative estimate of drug-likeness (QED) is 0.813. The molecule has 3 N–H and O–H groups in total. The second-order valence-electron chi connectivity index (χ2n) is 5.64. The highest BCUT2D eigenvalue weighted by molar-refractivity contribution is 5.96. The lowest BCUT2D eigenvalue weighted by Crippen LogP contribution is -2.20. The van der Waals surface area contributed by atoms with Gasteiger partial charge in [0.05, 0.1) is 0 Å². The maximum Gasteiger partial charge on any atom is 0.303 e. The summed E-state index contributed by atoms with van der Waals surface area (Å²) < 4.78 is 0. The van der Waals surface area contributed by atoms with Crippen LogP contribution in [0.5, 0.6) is 0 Å². The fraction of sp³-hybridized carbons (Fsp3) is 0.438. The molecule has 1 saturated carbocycles. The van der Waals surface area contributed by atoms with Gasteiger partial charge in [-0.1, -0.05) is 12.1 Å². The van der Waals surface area contributed by atoms with Crippen molar-refractivity contribution in [3.8, 4) is 0 Å². The van der Waals surface area contributed by atoms with Crippen molar-refractivity contribution in [3.05, 3.63) is 34.9 Å². The summed E-state index contributed by atoms with van der Waals surface area (Å²) in [7, 11) is 0. The number of aliphatic carboxylic acids is 1. The van der Waals surface area contributed by atoms with Crippen LogP contribution in [0.25, 0.3) is 0 Å². The average Bonchev–Trinajstić information content (AvgIpc) is 2.47. The Bertz CT molecular complexity index is 559. The zero-order valence-corrected chi connectivity index (χ0v) is 11.7. The van der Waals surface area contributed by atoms with Gasteiger partial charge in [-0.15, -0.1) is 0 Å². The predicted octanol–water partition coefficient (Wildman–Crippen LogP) is 2.35. The molecular formula is C16H19NO4. The lowest BCUT2D eigenvalue weighted by Gasteiger charge is -2.29. The minimum Gasteiger partial charge on any atom is -0.481 e. The number of aldehydes is 1. The van der Waals surface area contributed by atoms with E-state index in [0.717, 1.165) is 31.2 Å². The van der Waals surface area contributed by atoms with Crippen molar-refractivity contribution >= 4 is 18.2 Å². The van der Waals surface area contributed by atoms with Gasteiger partial charge in [-0.3, -0.25) is 14.4 Å². The minimum atomic E-state index is -0.758. The topological polar surface area (TPSA) is 97.5 Å². The maximum atomic E-state index is 11.6. The van der Waals surface area contributed by atoms with Gasteiger partial charge in [0.25, 0.3) is 0 Å². The summed E-state index contributed by atoms with van der Waals surface area (Å²) in [6.07, 6.45) is 4.27. The molecule has 112 valence electrons. The van der Waals surface area contributed by atoms with E-state index in [1.165, 1.54) is 6.07 Å². The molecule has 0 atom stereocenters. The van der Waals surface area contributed by atoms with Crippen LogP contribution in [-0.2, 0) is 4.79 Å². The molecule has 21 heavy (non-hydrogen) atoms. The van der Waals surface area contributed by atoms with Gasteiger partial charge in [0.15, 0.2) is 0 Å². The van der Waals surface area contributed by atoms with E-state index in [1.54, 1.807) is 12.1 Å². The maximum absolute atomic E-state index is 11.6. The summed E-state index contributed by atoms with van der Waals surface area (Å²) in [5.41, 5.74) is 7.12. The second kappa shape index (κ2) is 6.52. The summed E-state index contributed by atoms with van der Waals surface area (Å²) in [5.74, 6) is -0.865. The zero-order valence-electron chi connectivity index (χ0n) is 11.7. The number of carboxylic acid groups (broad SMARTS) is 1. The molecule has 0 unspecified atom stereocenters. The molecule has 5 nitrogen and oxygen atoms in total. The normalized spacial score (nSPS) is 21.7. The lowest BCUT2D eigenvalue weighted by atomic mass is 9.76. The SMILES string of the molecule is NC(=O)c1cc(C=O)ccc1C1CCC(CC(=O)O)CC1. The Balaban J connectivity index is 2.14. The molecule has 0 saturated heterocycles. The lowest BCUT2D eigenvalue weighted by molar-refractivity contribution is -0.138. The molecule has 0 aliphatic heterocycles. The first-order valence-electron chi connectivity index (χ1n) is 7.12. The van der Waals surface area contributed by atoms with Gasteiger partial charge in [-0.2, -0.15) is 0 Å². The smallest absolute Gasteiger partial charge is 0.303 e. The molecule has 0 aromatic heterocycles. The van der Waals surface area contributed by atoms with Crippen molar-refractivity contribution in [2.75, 3.05) is 0 Å². The largest absolute Gasteiger partial charge is 0.481 e. The highest BCUT2D eigenvalue weighted by atomic mass is 16.4. The molecule has 1 aliphatic carbocycles. The third-order valence-electron chi connectivity index (χ3n) is 4.23. The van der Waals surface area contributed by atoms with Crippen LogP contribution < -0.4 is 5.73 Å². The van der Waals surface area contributed by atoms with E-state index in [2.05, 4.69) is 0 Å². The Morgan fingerprint density at radius 2 is 1.90 bits per heavy atom. The van der Waals surface area contributed by atoms with Gasteiger partial charge in [-0.25, -0.2) is 0 Å². The summed E-state index contributed by atoms with van der Waals surface area (Å²) in [6, 6.07) is 5.03. The van der Waals surface area contributed by atoms with Gasteiger partial charge in [0.1, 0.15) is 6.29 Å². The number of hydrogen-bond donors (Lipinski definition) is 2. The van der Waals surface area contributed by atoms with Crippen molar-refractivity contribution in [2.45, 2.75) is 38.0 Å². The van der Waals surface area contributed by atoms with Crippen molar-refractivity contribution < 1.29 is 19.5 Å². The summed E-state index contributed by atoms with van der Waals surface area (Å²) in [6.45, 7) is 0. The van der Waals surface area contributed by atoms with Crippen molar-refractivity contribution in [2.24, 2.45) is 11.7 Å². The van der Waals surface area contributed by atoms with Gasteiger partial charge in [0.2, 0.25) is 5.91 Å². The Morgan fingerprint density at radius 1 is 1.24 bits per heavy atom. The fourth-order valence-electron chi connectivity index (χ4n) is 3.14. The molecule has 0 radical (unpaired) electrons. The third kappa shape index (κ3) is 3.68. The molecule has 1 aromatic carbocycles. The third-order valence-corrected chi connectivity index (χ3v) is 4.23. The van der Waals surface area contributed by atoms with Gasteiger partial charge >= 0.3 is 5.97 Å². The number of amides is 1. The first kappa shape index (κ1) is 15.2. The Labute approximate surface area is 123 Å². The Hall–Kier alpha value is -2.17. The van der Waals surface area contributed by atoms with E-state index in [9.17, 15) is 14.4 Å². The molecule has 1 fully saturated rings. The van der Waals surface area contributed by atoms with Crippen molar-refractivity contribution in [3.63, 3.8) is 0 Å². The van der Waals surface area contributed by atoms with Crippen molar-refractivity contribution in [1.82, 2.24) is 0 Å². The standard InChI is InChI=1S/C16H19NO4/c17-16(21)14-7-11(9-18)3-6-13(14)12-4-1-10(2-5-12)8-15(19)20/h3,6-7,9-10,12H,1-2,4-5,8H2,(H2,17,21)(H,19,20). The van der Waals surface area contributed by atoms with Crippen LogP contribution in [0.15, 0.2) is 18.2 Å². The molecule has 0 bridgehead atoms. The van der Waals surface area contributed by atoms with Crippen LogP contribution >= 0.6 is 0 Å². The van der Waals surface area contributed by atoms with Crippen LogP contribution in [0.4, 0.5) is 0 Å². The number of primary amides is 1. The molecule has 1 aromatic rings. The fourth-order valence-corrected chi connectivity index (χ4v) is 3.14. The molecule has 0 spiro atoms. The van der Waals surface area contributed by atoms with Gasteiger partial charge < -0.3 is 10.8 Å². The number of carbonyl (C=O) groups excluding carboxylic acids is 2. The first-order chi connectivity index (χ1) is 10.0. The second-order valence-corrected chi connectivity index (χ2v) is 5.64. The molecule has 0 heterocycles. The number of rotatable bonds is 5. The Kier molecular flexibility index (Phi) is 4.73. The number of carbonyl (C=O) groups is 3. The summed E-state index contributed by atoms with van der Waals surface area (Å²) in [5, 5.41) is 8.83. The van der Waals surface area contributed by atoms with Gasteiger partial charge in [-0.05, 0) is 49.1 Å². The number of nitrogens with two attached hydrogens (primary N) is 1. The molecule has 5 heteroatoms. The number of hydrogen-bond acceptors (Lipinski definition) is 3. The van der Waals surface area contributed by atoms with Crippen LogP contribution in [0, 0.1) is 5.92 Å². The average molecular weight is 289 g/mol. The number of benzene rings is 1. The van der Waals surface area contributed by atoms with Crippen molar-refractivity contribution in [1.29, 1.82) is 0 Å². The van der Waals surface area contributed by atoms with E-state index in [-0.39, 0.29) is 18.3 Å². The van der Waals surface area contributed by atoms with Gasteiger partial charge in [0, 0.05) is 17.5 Å². The Morgan fingerprint density at radius 3 is 2.43 bits per heavy atom. The van der Waals surface area contributed by atoms with Crippen LogP contribution in [0.2, 0.25) is 0 Å². The molecule has 1 amide bonds. The van der Waals surface area contributed by atoms with E-state index in [0.29, 0.717) is 17.4 Å². The first-order valence-corrected chi connectivity index (χ1v) is 7.12. The van der Waals surface area contributed by atoms with Crippen LogP contribution in [-0.4, -0.2) is 23.3 Å². The van der Waals surface area contributed by atoms with E-state index >= 15 is 0 Å². The van der Waals surface area contributed by atoms with Crippen LogP contribution in [0.1, 0.15) is 64.3 Å². The minimum absolute atomic E-state index is 0.207. The van der Waals surface area contributed by atoms with E-state index < -0.39 is 11.9 Å². The highest BCUT2D eigenvalue weighted by Crippen LogP contribution is 2.38. The van der Waals surface area contributed by atoms with E-state index in [4.69, 9.17) is 10.8 Å².